The van der Waals surface area contributed by atoms with Crippen LogP contribution in [0.5, 0.6) is 0 Å². The van der Waals surface area contributed by atoms with Crippen LogP contribution in [0.15, 0.2) is 93.8 Å². The monoisotopic (exact) mass is 582 g/mol. The zero-order valence-corrected chi connectivity index (χ0v) is 21.6. The van der Waals surface area contributed by atoms with Crippen molar-refractivity contribution in [2.75, 3.05) is 9.96 Å². The normalized spacial score (nSPS) is 21.4. The number of halogens is 3. The van der Waals surface area contributed by atoms with Gasteiger partial charge in [0.2, 0.25) is 5.91 Å². The van der Waals surface area contributed by atoms with Crippen molar-refractivity contribution in [1.82, 2.24) is 0 Å². The van der Waals surface area contributed by atoms with Crippen LogP contribution in [0.1, 0.15) is 11.8 Å². The van der Waals surface area contributed by atoms with Gasteiger partial charge < -0.3 is 4.42 Å². The topological polar surface area (TPSA) is 63.0 Å². The van der Waals surface area contributed by atoms with E-state index in [2.05, 4.69) is 15.9 Å². The number of benzene rings is 3. The third-order valence-electron chi connectivity index (χ3n) is 6.32. The summed E-state index contributed by atoms with van der Waals surface area (Å²) in [6.45, 7) is 0. The number of rotatable bonds is 4. The molecule has 4 aromatic rings. The Morgan fingerprint density at radius 1 is 0.806 bits per heavy atom. The predicted molar refractivity (Wildman–Crippen MR) is 141 cm³/mol. The number of hydroxylamine groups is 1. The fourth-order valence-electron chi connectivity index (χ4n) is 4.69. The minimum atomic E-state index is -0.991. The number of fused-ring (bicyclic) bond motifs is 1. The molecule has 3 aromatic carbocycles. The summed E-state index contributed by atoms with van der Waals surface area (Å²) in [6.07, 6.45) is -0.991. The smallest absolute Gasteiger partial charge is 0.266 e. The lowest BCUT2D eigenvalue weighted by Crippen LogP contribution is -2.37. The molecule has 2 saturated heterocycles. The maximum absolute atomic E-state index is 13.7. The molecule has 6 nitrogen and oxygen atoms in total. The van der Waals surface area contributed by atoms with Gasteiger partial charge in [-0.3, -0.25) is 14.4 Å². The Balaban J connectivity index is 1.43. The van der Waals surface area contributed by atoms with Crippen molar-refractivity contribution >= 4 is 62.3 Å². The first-order valence-corrected chi connectivity index (χ1v) is 12.7. The second kappa shape index (κ2) is 9.09. The van der Waals surface area contributed by atoms with Gasteiger partial charge in [-0.1, -0.05) is 57.3 Å². The van der Waals surface area contributed by atoms with Gasteiger partial charge in [0.1, 0.15) is 23.5 Å². The van der Waals surface area contributed by atoms with Gasteiger partial charge in [0.05, 0.1) is 16.4 Å². The molecular weight excluding hydrogens is 567 g/mol. The summed E-state index contributed by atoms with van der Waals surface area (Å²) < 4.78 is 7.08. The second-order valence-electron chi connectivity index (χ2n) is 8.47. The maximum atomic E-state index is 13.7. The minimum absolute atomic E-state index is 0.352. The van der Waals surface area contributed by atoms with Crippen LogP contribution in [-0.4, -0.2) is 17.9 Å². The van der Waals surface area contributed by atoms with E-state index < -0.39 is 24.0 Å². The number of hydrogen-bond donors (Lipinski definition) is 0. The van der Waals surface area contributed by atoms with Gasteiger partial charge in [-0.15, -0.1) is 0 Å². The first-order chi connectivity index (χ1) is 17.4. The van der Waals surface area contributed by atoms with Crippen molar-refractivity contribution < 1.29 is 18.8 Å². The standard InChI is InChI=1S/C27H17BrCl2N2O4/c28-15-6-9-17(10-7-15)31-26(33)23-24(32(36-25(23)27(31)34)18-4-2-1-3-5-18)22-13-12-21(35-22)19-14-16(29)8-11-20(19)30/h1-14,23-25H/t23-,24-,25-/m1/s1. The molecule has 2 aliphatic rings. The highest BCUT2D eigenvalue weighted by Gasteiger charge is 2.61. The number of anilines is 2. The van der Waals surface area contributed by atoms with E-state index >= 15 is 0 Å². The number of carbonyl (C=O) groups is 2. The van der Waals surface area contributed by atoms with Crippen molar-refractivity contribution in [2.24, 2.45) is 5.92 Å². The van der Waals surface area contributed by atoms with Crippen LogP contribution >= 0.6 is 39.1 Å². The number of amides is 2. The van der Waals surface area contributed by atoms with Crippen LogP contribution < -0.4 is 9.96 Å². The van der Waals surface area contributed by atoms with Crippen LogP contribution in [-0.2, 0) is 14.4 Å². The zero-order valence-electron chi connectivity index (χ0n) is 18.5. The Morgan fingerprint density at radius 3 is 2.31 bits per heavy atom. The number of hydrogen-bond acceptors (Lipinski definition) is 5. The Labute approximate surface area is 225 Å². The Bertz CT molecular complexity index is 1470. The molecule has 0 aliphatic carbocycles. The van der Waals surface area contributed by atoms with Gasteiger partial charge in [0.15, 0.2) is 6.10 Å². The van der Waals surface area contributed by atoms with Crippen molar-refractivity contribution in [2.45, 2.75) is 12.1 Å². The minimum Gasteiger partial charge on any atom is -0.459 e. The van der Waals surface area contributed by atoms with E-state index in [-0.39, 0.29) is 5.91 Å². The highest BCUT2D eigenvalue weighted by atomic mass is 79.9. The molecule has 9 heteroatoms. The summed E-state index contributed by atoms with van der Waals surface area (Å²) >= 11 is 16.0. The molecule has 0 N–H and O–H groups in total. The SMILES string of the molecule is O=C1[C@@H]2[C@@H](c3ccc(-c4cc(Cl)ccc4Cl)o3)N(c3ccccc3)O[C@H]2C(=O)N1c1ccc(Br)cc1. The second-order valence-corrected chi connectivity index (χ2v) is 10.2. The molecule has 1 aromatic heterocycles. The molecule has 0 bridgehead atoms. The fraction of sp³-hybridized carbons (Fsp3) is 0.111. The summed E-state index contributed by atoms with van der Waals surface area (Å²) in [4.78, 5) is 34.5. The van der Waals surface area contributed by atoms with Gasteiger partial charge in [-0.25, -0.2) is 9.96 Å². The third-order valence-corrected chi connectivity index (χ3v) is 7.42. The Morgan fingerprint density at radius 2 is 1.56 bits per heavy atom. The predicted octanol–water partition coefficient (Wildman–Crippen LogP) is 7.07. The van der Waals surface area contributed by atoms with E-state index in [1.807, 2.05) is 30.3 Å². The molecule has 0 radical (unpaired) electrons. The molecule has 2 amide bonds. The van der Waals surface area contributed by atoms with Crippen molar-refractivity contribution in [3.05, 3.63) is 105 Å². The van der Waals surface area contributed by atoms with E-state index in [9.17, 15) is 9.59 Å². The highest BCUT2D eigenvalue weighted by Crippen LogP contribution is 2.48. The fourth-order valence-corrected chi connectivity index (χ4v) is 5.34. The van der Waals surface area contributed by atoms with Crippen LogP contribution in [0.3, 0.4) is 0 Å². The molecule has 0 saturated carbocycles. The van der Waals surface area contributed by atoms with Crippen LogP contribution in [0, 0.1) is 5.92 Å². The van der Waals surface area contributed by atoms with Crippen LogP contribution in [0.4, 0.5) is 11.4 Å². The molecule has 3 atom stereocenters. The van der Waals surface area contributed by atoms with Crippen molar-refractivity contribution in [1.29, 1.82) is 0 Å². The highest BCUT2D eigenvalue weighted by molar-refractivity contribution is 9.10. The number of carbonyl (C=O) groups excluding carboxylic acids is 2. The largest absolute Gasteiger partial charge is 0.459 e. The molecule has 2 aliphatic heterocycles. The summed E-state index contributed by atoms with van der Waals surface area (Å²) in [7, 11) is 0. The lowest BCUT2D eigenvalue weighted by Gasteiger charge is -2.27. The molecule has 6 rings (SSSR count). The maximum Gasteiger partial charge on any atom is 0.266 e. The van der Waals surface area contributed by atoms with Crippen molar-refractivity contribution in [3.8, 4) is 11.3 Å². The number of para-hydroxylation sites is 1. The lowest BCUT2D eigenvalue weighted by atomic mass is 9.94. The number of imide groups is 1. The lowest BCUT2D eigenvalue weighted by molar-refractivity contribution is -0.126. The molecule has 0 unspecified atom stereocenters. The van der Waals surface area contributed by atoms with E-state index in [0.717, 1.165) is 4.47 Å². The Kier molecular flexibility index (Phi) is 5.88. The third kappa shape index (κ3) is 3.83. The van der Waals surface area contributed by atoms with Crippen LogP contribution in [0.2, 0.25) is 10.0 Å². The summed E-state index contributed by atoms with van der Waals surface area (Å²) in [5, 5.41) is 2.59. The van der Waals surface area contributed by atoms with Gasteiger partial charge in [0.25, 0.3) is 5.91 Å². The molecule has 180 valence electrons. The molecular formula is C27H17BrCl2N2O4. The van der Waals surface area contributed by atoms with E-state index in [0.29, 0.717) is 38.5 Å². The average molecular weight is 584 g/mol. The zero-order chi connectivity index (χ0) is 25.0. The van der Waals surface area contributed by atoms with E-state index in [4.69, 9.17) is 32.5 Å². The van der Waals surface area contributed by atoms with Gasteiger partial charge in [-0.05, 0) is 66.7 Å². The molecule has 36 heavy (non-hydrogen) atoms. The first kappa shape index (κ1) is 23.3. The van der Waals surface area contributed by atoms with Gasteiger partial charge in [-0.2, -0.15) is 0 Å². The van der Waals surface area contributed by atoms with Gasteiger partial charge in [0, 0.05) is 15.1 Å². The molecule has 0 spiro atoms. The van der Waals surface area contributed by atoms with E-state index in [1.165, 1.54) is 4.90 Å². The summed E-state index contributed by atoms with van der Waals surface area (Å²) in [5.41, 5.74) is 1.82. The average Bonchev–Trinajstić information content (AvgIpc) is 3.57. The number of furan rings is 1. The summed E-state index contributed by atoms with van der Waals surface area (Å²) in [5.74, 6) is -0.614. The van der Waals surface area contributed by atoms with E-state index in [1.54, 1.807) is 59.7 Å². The first-order valence-electron chi connectivity index (χ1n) is 11.1. The Hall–Kier alpha value is -3.10. The quantitative estimate of drug-likeness (QED) is 0.240. The summed E-state index contributed by atoms with van der Waals surface area (Å²) in [6, 6.07) is 24.3. The molecule has 3 heterocycles. The van der Waals surface area contributed by atoms with Gasteiger partial charge >= 0.3 is 0 Å². The van der Waals surface area contributed by atoms with Crippen LogP contribution in [0.25, 0.3) is 11.3 Å². The molecule has 2 fully saturated rings. The number of nitrogens with zero attached hydrogens (tertiary/aromatic N) is 2. The van der Waals surface area contributed by atoms with Crippen molar-refractivity contribution in [3.63, 3.8) is 0 Å².